The average molecular weight is 449 g/mol. The smallest absolute Gasteiger partial charge is 0.309 e. The number of benzene rings is 1. The lowest BCUT2D eigenvalue weighted by atomic mass is 10.3. The van der Waals surface area contributed by atoms with E-state index < -0.39 is 17.6 Å². The van der Waals surface area contributed by atoms with Gasteiger partial charge in [0.2, 0.25) is 11.1 Å². The van der Waals surface area contributed by atoms with Crippen LogP contribution in [-0.2, 0) is 11.0 Å². The number of nitrogens with one attached hydrogen (secondary N) is 1. The minimum Gasteiger partial charge on any atom is -0.309 e. The number of anilines is 1. The van der Waals surface area contributed by atoms with Gasteiger partial charge in [-0.2, -0.15) is 17.9 Å². The van der Waals surface area contributed by atoms with Crippen LogP contribution in [-0.4, -0.2) is 36.9 Å². The van der Waals surface area contributed by atoms with Gasteiger partial charge >= 0.3 is 6.18 Å². The summed E-state index contributed by atoms with van der Waals surface area (Å²) in [7, 11) is 0. The van der Waals surface area contributed by atoms with E-state index >= 15 is 0 Å². The van der Waals surface area contributed by atoms with E-state index in [1.165, 1.54) is 4.68 Å². The predicted octanol–water partition coefficient (Wildman–Crippen LogP) is 4.11. The van der Waals surface area contributed by atoms with Crippen LogP contribution in [0.1, 0.15) is 5.56 Å². The van der Waals surface area contributed by atoms with Crippen LogP contribution in [0.25, 0.3) is 5.69 Å². The van der Waals surface area contributed by atoms with Crippen LogP contribution in [0.5, 0.6) is 0 Å². The van der Waals surface area contributed by atoms with E-state index in [4.69, 9.17) is 23.2 Å². The molecule has 3 aromatic rings. The molecule has 0 unspecified atom stereocenters. The Hall–Kier alpha value is -2.37. The molecule has 0 aliphatic heterocycles. The predicted molar refractivity (Wildman–Crippen MR) is 97.8 cm³/mol. The summed E-state index contributed by atoms with van der Waals surface area (Å²) in [6.45, 7) is 0. The van der Waals surface area contributed by atoms with Crippen molar-refractivity contribution in [3.05, 3.63) is 52.1 Å². The van der Waals surface area contributed by atoms with Crippen molar-refractivity contribution < 1.29 is 18.0 Å². The summed E-state index contributed by atoms with van der Waals surface area (Å²) in [5.41, 5.74) is -0.364. The molecule has 2 heterocycles. The van der Waals surface area contributed by atoms with Crippen LogP contribution in [0.4, 0.5) is 19.0 Å². The number of aromatic nitrogens is 5. The average Bonchev–Trinajstić information content (AvgIpc) is 3.10. The monoisotopic (exact) mass is 448 g/mol. The first-order valence-electron chi connectivity index (χ1n) is 7.44. The molecule has 13 heteroatoms. The molecule has 0 radical (unpaired) electrons. The highest BCUT2D eigenvalue weighted by Crippen LogP contribution is 2.32. The maximum absolute atomic E-state index is 12.6. The van der Waals surface area contributed by atoms with Crippen molar-refractivity contribution in [3.8, 4) is 5.69 Å². The van der Waals surface area contributed by atoms with Gasteiger partial charge in [0.1, 0.15) is 0 Å². The Morgan fingerprint density at radius 3 is 2.57 bits per heavy atom. The fourth-order valence-electron chi connectivity index (χ4n) is 2.00. The van der Waals surface area contributed by atoms with E-state index in [1.807, 2.05) is 0 Å². The molecule has 0 spiro atoms. The molecule has 3 rings (SSSR count). The maximum Gasteiger partial charge on any atom is 0.417 e. The number of hydrogen-bond acceptors (Lipinski definition) is 6. The Kier molecular flexibility index (Phi) is 6.06. The Morgan fingerprint density at radius 2 is 1.93 bits per heavy atom. The number of tetrazole rings is 1. The maximum atomic E-state index is 12.6. The molecule has 146 valence electrons. The summed E-state index contributed by atoms with van der Waals surface area (Å²) < 4.78 is 39.3. The summed E-state index contributed by atoms with van der Waals surface area (Å²) in [6, 6.07) is 7.43. The molecule has 2 aromatic heterocycles. The second-order valence-corrected chi connectivity index (χ2v) is 7.02. The van der Waals surface area contributed by atoms with Crippen molar-refractivity contribution in [3.63, 3.8) is 0 Å². The fraction of sp³-hybridized carbons (Fsp3) is 0.133. The van der Waals surface area contributed by atoms with Gasteiger partial charge in [0.25, 0.3) is 0 Å². The zero-order valence-electron chi connectivity index (χ0n) is 13.6. The normalized spacial score (nSPS) is 11.5. The largest absolute Gasteiger partial charge is 0.417 e. The molecular weight excluding hydrogens is 440 g/mol. The minimum atomic E-state index is -4.58. The number of halogens is 5. The quantitative estimate of drug-likeness (QED) is 0.591. The summed E-state index contributed by atoms with van der Waals surface area (Å²) in [5.74, 6) is -0.824. The number of thioether (sulfide) groups is 1. The molecule has 0 saturated heterocycles. The molecule has 1 amide bonds. The molecule has 0 saturated carbocycles. The first-order valence-corrected chi connectivity index (χ1v) is 9.18. The standard InChI is InChI=1S/C15H9Cl2F3N6OS/c16-9-1-3-10(4-2-9)26-14(23-24-25-26)28-7-12(27)22-13-11(17)5-8(6-21-13)15(18,19)20/h1-6H,7H2,(H,21,22,27). The molecule has 0 aliphatic carbocycles. The third-order valence-corrected chi connectivity index (χ3v) is 4.73. The van der Waals surface area contributed by atoms with E-state index in [0.717, 1.165) is 11.8 Å². The molecule has 0 aliphatic rings. The van der Waals surface area contributed by atoms with Crippen molar-refractivity contribution in [2.75, 3.05) is 11.1 Å². The molecular formula is C15H9Cl2F3N6OS. The van der Waals surface area contributed by atoms with Crippen LogP contribution in [0, 0.1) is 0 Å². The van der Waals surface area contributed by atoms with Gasteiger partial charge in [-0.1, -0.05) is 35.0 Å². The van der Waals surface area contributed by atoms with Gasteiger partial charge in [-0.15, -0.1) is 5.10 Å². The van der Waals surface area contributed by atoms with Crippen LogP contribution < -0.4 is 5.32 Å². The molecule has 1 aromatic carbocycles. The van der Waals surface area contributed by atoms with Crippen LogP contribution in [0.15, 0.2) is 41.7 Å². The summed E-state index contributed by atoms with van der Waals surface area (Å²) in [6.07, 6.45) is -3.98. The highest BCUT2D eigenvalue weighted by atomic mass is 35.5. The van der Waals surface area contributed by atoms with Gasteiger partial charge in [0, 0.05) is 11.2 Å². The first kappa shape index (κ1) is 20.4. The van der Waals surface area contributed by atoms with Gasteiger partial charge in [0.15, 0.2) is 5.82 Å². The number of hydrogen-bond donors (Lipinski definition) is 1. The number of carbonyl (C=O) groups is 1. The van der Waals surface area contributed by atoms with Crippen molar-refractivity contribution in [2.45, 2.75) is 11.3 Å². The van der Waals surface area contributed by atoms with E-state index in [2.05, 4.69) is 25.8 Å². The lowest BCUT2D eigenvalue weighted by molar-refractivity contribution is -0.137. The van der Waals surface area contributed by atoms with Crippen LogP contribution in [0.2, 0.25) is 10.0 Å². The Balaban J connectivity index is 1.64. The lowest BCUT2D eigenvalue weighted by Gasteiger charge is -2.10. The zero-order chi connectivity index (χ0) is 20.3. The highest BCUT2D eigenvalue weighted by Gasteiger charge is 2.31. The molecule has 0 bridgehead atoms. The second kappa shape index (κ2) is 8.33. The number of pyridine rings is 1. The minimum absolute atomic E-state index is 0.118. The summed E-state index contributed by atoms with van der Waals surface area (Å²) in [4.78, 5) is 15.6. The van der Waals surface area contributed by atoms with Crippen LogP contribution in [0.3, 0.4) is 0 Å². The summed E-state index contributed by atoms with van der Waals surface area (Å²) >= 11 is 12.6. The number of alkyl halides is 3. The number of carbonyl (C=O) groups excluding carboxylic acids is 1. The number of nitrogens with zero attached hydrogens (tertiary/aromatic N) is 5. The van der Waals surface area contributed by atoms with E-state index in [-0.39, 0.29) is 16.6 Å². The van der Waals surface area contributed by atoms with Gasteiger partial charge in [-0.05, 0) is 40.8 Å². The molecule has 0 fully saturated rings. The first-order chi connectivity index (χ1) is 13.2. The SMILES string of the molecule is O=C(CSc1nnnn1-c1ccc(Cl)cc1)Nc1ncc(C(F)(F)F)cc1Cl. The third-order valence-electron chi connectivity index (χ3n) is 3.27. The molecule has 1 N–H and O–H groups in total. The second-order valence-electron chi connectivity index (χ2n) is 5.24. The van der Waals surface area contributed by atoms with Crippen molar-refractivity contribution in [1.82, 2.24) is 25.2 Å². The highest BCUT2D eigenvalue weighted by molar-refractivity contribution is 7.99. The molecule has 7 nitrogen and oxygen atoms in total. The van der Waals surface area contributed by atoms with Gasteiger partial charge in [0.05, 0.1) is 22.0 Å². The third kappa shape index (κ3) is 4.91. The van der Waals surface area contributed by atoms with Gasteiger partial charge in [-0.25, -0.2) is 4.98 Å². The number of rotatable bonds is 5. The molecule has 0 atom stereocenters. The van der Waals surface area contributed by atoms with Gasteiger partial charge in [-0.3, -0.25) is 4.79 Å². The van der Waals surface area contributed by atoms with E-state index in [1.54, 1.807) is 24.3 Å². The Bertz CT molecular complexity index is 996. The zero-order valence-corrected chi connectivity index (χ0v) is 15.9. The van der Waals surface area contributed by atoms with Crippen LogP contribution >= 0.6 is 35.0 Å². The summed E-state index contributed by atoms with van der Waals surface area (Å²) in [5, 5.41) is 14.2. The fourth-order valence-corrected chi connectivity index (χ4v) is 3.03. The Morgan fingerprint density at radius 1 is 1.21 bits per heavy atom. The van der Waals surface area contributed by atoms with Crippen molar-refractivity contribution in [1.29, 1.82) is 0 Å². The molecule has 28 heavy (non-hydrogen) atoms. The topological polar surface area (TPSA) is 85.6 Å². The van der Waals surface area contributed by atoms with E-state index in [0.29, 0.717) is 28.1 Å². The van der Waals surface area contributed by atoms with Crippen molar-refractivity contribution in [2.24, 2.45) is 0 Å². The van der Waals surface area contributed by atoms with Gasteiger partial charge < -0.3 is 5.32 Å². The Labute approximate surface area is 170 Å². The van der Waals surface area contributed by atoms with E-state index in [9.17, 15) is 18.0 Å². The number of amides is 1. The lowest BCUT2D eigenvalue weighted by Crippen LogP contribution is -2.16. The van der Waals surface area contributed by atoms with Crippen molar-refractivity contribution >= 4 is 46.7 Å².